The zero-order chi connectivity index (χ0) is 32.1. The molecule has 2 saturated heterocycles. The van der Waals surface area contributed by atoms with E-state index < -0.39 is 46.8 Å². The average molecular weight is 655 g/mol. The van der Waals surface area contributed by atoms with Crippen molar-refractivity contribution >= 4 is 39.6 Å². The Morgan fingerprint density at radius 3 is 2.23 bits per heavy atom. The zero-order valence-corrected chi connectivity index (χ0v) is 28.3. The molecule has 4 rings (SSSR count). The van der Waals surface area contributed by atoms with Crippen molar-refractivity contribution in [2.75, 3.05) is 6.54 Å². The number of amides is 3. The Bertz CT molecular complexity index is 1410. The van der Waals surface area contributed by atoms with E-state index in [1.165, 1.54) is 9.80 Å². The molecule has 2 aliphatic rings. The van der Waals surface area contributed by atoms with Crippen LogP contribution in [0.4, 0.5) is 0 Å². The molecule has 4 atom stereocenters. The molecule has 2 fully saturated rings. The van der Waals surface area contributed by atoms with Crippen molar-refractivity contribution in [3.05, 3.63) is 63.9 Å². The van der Waals surface area contributed by atoms with Crippen LogP contribution < -0.4 is 0 Å². The summed E-state index contributed by atoms with van der Waals surface area (Å²) in [4.78, 5) is 65.3. The molecule has 3 amide bonds. The highest BCUT2D eigenvalue weighted by Crippen LogP contribution is 2.58. The molecule has 3 heterocycles. The molecule has 1 unspecified atom stereocenters. The molecule has 0 radical (unpaired) electrons. The van der Waals surface area contributed by atoms with E-state index in [1.807, 2.05) is 26.8 Å². The van der Waals surface area contributed by atoms with Crippen LogP contribution in [0.5, 0.6) is 0 Å². The van der Waals surface area contributed by atoms with Crippen LogP contribution in [-0.2, 0) is 24.5 Å². The van der Waals surface area contributed by atoms with Gasteiger partial charge in [0.25, 0.3) is 5.91 Å². The standard InChI is InChI=1S/C34H44BrN3O5/c1-10-17-37-29(40)25-26(30(37)41)34(19-20(2)3,31(42)43-33(7,8)9)38(27(25)24-13-11-12-16-36-24)28(39)21-14-15-22(23(35)18-21)32(4,5)6/h11-16,18,20,25-27H,10,17,19H2,1-9H3/t25-,26?,27-,34-/m0/s1. The first-order valence-electron chi connectivity index (χ1n) is 15.1. The van der Waals surface area contributed by atoms with E-state index in [0.29, 0.717) is 17.7 Å². The molecule has 0 spiro atoms. The fourth-order valence-electron chi connectivity index (χ4n) is 6.67. The number of aromatic nitrogens is 1. The van der Waals surface area contributed by atoms with E-state index in [2.05, 4.69) is 41.7 Å². The first kappa shape index (κ1) is 32.8. The lowest BCUT2D eigenvalue weighted by Crippen LogP contribution is -2.61. The van der Waals surface area contributed by atoms with Crippen LogP contribution in [0.3, 0.4) is 0 Å². The Labute approximate surface area is 263 Å². The van der Waals surface area contributed by atoms with Crippen LogP contribution in [0.1, 0.15) is 103 Å². The van der Waals surface area contributed by atoms with Gasteiger partial charge in [-0.05, 0) is 74.8 Å². The van der Waals surface area contributed by atoms with Crippen LogP contribution in [0.2, 0.25) is 0 Å². The number of ether oxygens (including phenoxy) is 1. The van der Waals surface area contributed by atoms with Crippen molar-refractivity contribution < 1.29 is 23.9 Å². The van der Waals surface area contributed by atoms with E-state index in [1.54, 1.807) is 57.3 Å². The van der Waals surface area contributed by atoms with Gasteiger partial charge in [-0.25, -0.2) is 4.79 Å². The second-order valence-electron chi connectivity index (χ2n) is 14.2. The number of nitrogens with zero attached hydrogens (tertiary/aromatic N) is 3. The van der Waals surface area contributed by atoms with Gasteiger partial charge in [0.2, 0.25) is 11.8 Å². The highest BCUT2D eigenvalue weighted by Gasteiger charge is 2.74. The lowest BCUT2D eigenvalue weighted by atomic mass is 9.74. The van der Waals surface area contributed by atoms with Crippen molar-refractivity contribution in [3.8, 4) is 0 Å². The van der Waals surface area contributed by atoms with Gasteiger partial charge < -0.3 is 9.64 Å². The number of likely N-dealkylation sites (tertiary alicyclic amines) is 2. The van der Waals surface area contributed by atoms with Crippen LogP contribution in [0.25, 0.3) is 0 Å². The maximum absolute atomic E-state index is 14.9. The fourth-order valence-corrected chi connectivity index (χ4v) is 7.64. The quantitative estimate of drug-likeness (QED) is 0.251. The zero-order valence-electron chi connectivity index (χ0n) is 26.7. The minimum Gasteiger partial charge on any atom is -0.458 e. The Morgan fingerprint density at radius 1 is 1.05 bits per heavy atom. The van der Waals surface area contributed by atoms with Gasteiger partial charge in [-0.2, -0.15) is 0 Å². The van der Waals surface area contributed by atoms with E-state index in [9.17, 15) is 19.2 Å². The first-order chi connectivity index (χ1) is 20.0. The molecule has 9 heteroatoms. The number of carbonyl (C=O) groups excluding carboxylic acids is 4. The van der Waals surface area contributed by atoms with Gasteiger partial charge >= 0.3 is 5.97 Å². The van der Waals surface area contributed by atoms with Crippen LogP contribution >= 0.6 is 15.9 Å². The maximum Gasteiger partial charge on any atom is 0.333 e. The summed E-state index contributed by atoms with van der Waals surface area (Å²) in [5, 5.41) is 0. The van der Waals surface area contributed by atoms with E-state index >= 15 is 0 Å². The SMILES string of the molecule is CCCN1C(=O)C2[C@H](C1=O)[C@H](c1ccccn1)N(C(=O)c1ccc(C(C)(C)C)c(Br)c1)[C@]2(CC(C)C)C(=O)OC(C)(C)C. The normalized spacial score (nSPS) is 24.1. The van der Waals surface area contributed by atoms with Gasteiger partial charge in [-0.1, -0.05) is 69.6 Å². The van der Waals surface area contributed by atoms with Gasteiger partial charge in [-0.3, -0.25) is 24.3 Å². The summed E-state index contributed by atoms with van der Waals surface area (Å²) in [6, 6.07) is 9.75. The number of benzene rings is 1. The van der Waals surface area contributed by atoms with E-state index in [0.717, 1.165) is 10.0 Å². The van der Waals surface area contributed by atoms with Gasteiger partial charge in [0.1, 0.15) is 5.60 Å². The average Bonchev–Trinajstić information content (AvgIpc) is 3.33. The number of esters is 1. The topological polar surface area (TPSA) is 96.9 Å². The smallest absolute Gasteiger partial charge is 0.333 e. The van der Waals surface area contributed by atoms with Crippen molar-refractivity contribution in [2.45, 2.75) is 97.8 Å². The predicted octanol–water partition coefficient (Wildman–Crippen LogP) is 6.48. The molecule has 1 aromatic heterocycles. The molecule has 0 saturated carbocycles. The number of pyridine rings is 1. The third kappa shape index (κ3) is 5.89. The molecule has 2 aliphatic heterocycles. The molecule has 43 heavy (non-hydrogen) atoms. The second-order valence-corrected chi connectivity index (χ2v) is 15.0. The number of rotatable bonds is 7. The van der Waals surface area contributed by atoms with Crippen molar-refractivity contribution in [2.24, 2.45) is 17.8 Å². The molecular weight excluding hydrogens is 610 g/mol. The largest absolute Gasteiger partial charge is 0.458 e. The lowest BCUT2D eigenvalue weighted by Gasteiger charge is -2.44. The summed E-state index contributed by atoms with van der Waals surface area (Å²) in [6.07, 6.45) is 2.31. The number of halogens is 1. The molecule has 232 valence electrons. The number of fused-ring (bicyclic) bond motifs is 1. The molecular formula is C34H44BrN3O5. The lowest BCUT2D eigenvalue weighted by molar-refractivity contribution is -0.173. The van der Waals surface area contributed by atoms with Crippen LogP contribution in [-0.4, -0.2) is 56.2 Å². The first-order valence-corrected chi connectivity index (χ1v) is 15.9. The summed E-state index contributed by atoms with van der Waals surface area (Å²) in [7, 11) is 0. The van der Waals surface area contributed by atoms with Crippen LogP contribution in [0.15, 0.2) is 47.1 Å². The van der Waals surface area contributed by atoms with E-state index in [-0.39, 0.29) is 30.2 Å². The van der Waals surface area contributed by atoms with Crippen molar-refractivity contribution in [1.29, 1.82) is 0 Å². The van der Waals surface area contributed by atoms with Gasteiger partial charge in [0.15, 0.2) is 5.54 Å². The number of carbonyl (C=O) groups is 4. The van der Waals surface area contributed by atoms with Crippen molar-refractivity contribution in [1.82, 2.24) is 14.8 Å². The Morgan fingerprint density at radius 2 is 1.72 bits per heavy atom. The van der Waals surface area contributed by atoms with Gasteiger partial charge in [-0.15, -0.1) is 0 Å². The Balaban J connectivity index is 2.05. The Kier molecular flexibility index (Phi) is 9.00. The number of hydrogen-bond acceptors (Lipinski definition) is 6. The fraction of sp³-hybridized carbons (Fsp3) is 0.559. The number of hydrogen-bond donors (Lipinski definition) is 0. The third-order valence-corrected chi connectivity index (χ3v) is 8.81. The third-order valence-electron chi connectivity index (χ3n) is 8.16. The van der Waals surface area contributed by atoms with Crippen molar-refractivity contribution in [3.63, 3.8) is 0 Å². The second kappa shape index (κ2) is 11.8. The van der Waals surface area contributed by atoms with Gasteiger partial charge in [0, 0.05) is 22.8 Å². The molecule has 8 nitrogen and oxygen atoms in total. The molecule has 0 aliphatic carbocycles. The Hall–Kier alpha value is -3.07. The minimum atomic E-state index is -1.74. The summed E-state index contributed by atoms with van der Waals surface area (Å²) in [6.45, 7) is 17.6. The van der Waals surface area contributed by atoms with Crippen LogP contribution in [0, 0.1) is 17.8 Å². The molecule has 2 aromatic rings. The molecule has 1 aromatic carbocycles. The molecule has 0 N–H and O–H groups in total. The maximum atomic E-state index is 14.9. The summed E-state index contributed by atoms with van der Waals surface area (Å²) in [5.41, 5.74) is -1.02. The monoisotopic (exact) mass is 653 g/mol. The van der Waals surface area contributed by atoms with Gasteiger partial charge in [0.05, 0.1) is 23.6 Å². The summed E-state index contributed by atoms with van der Waals surface area (Å²) >= 11 is 3.66. The molecule has 0 bridgehead atoms. The summed E-state index contributed by atoms with van der Waals surface area (Å²) < 4.78 is 6.81. The highest BCUT2D eigenvalue weighted by molar-refractivity contribution is 9.10. The summed E-state index contributed by atoms with van der Waals surface area (Å²) in [5.74, 6) is -4.18. The van der Waals surface area contributed by atoms with E-state index in [4.69, 9.17) is 4.74 Å². The number of imide groups is 1. The minimum absolute atomic E-state index is 0.121. The predicted molar refractivity (Wildman–Crippen MR) is 168 cm³/mol. The highest BCUT2D eigenvalue weighted by atomic mass is 79.9.